The molecule has 0 N–H and O–H groups in total. The van der Waals surface area contributed by atoms with Gasteiger partial charge < -0.3 is 0 Å². The van der Waals surface area contributed by atoms with Gasteiger partial charge in [0.05, 0.1) is 0 Å². The van der Waals surface area contributed by atoms with Gasteiger partial charge in [0.25, 0.3) is 0 Å². The molecule has 0 radical (unpaired) electrons. The number of hydrogen-bond donors (Lipinski definition) is 0. The van der Waals surface area contributed by atoms with E-state index in [2.05, 4.69) is 79.7 Å². The lowest BCUT2D eigenvalue weighted by Gasteiger charge is -2.48. The summed E-state index contributed by atoms with van der Waals surface area (Å²) in [7, 11) is 0. The first-order valence-electron chi connectivity index (χ1n) is 18.4. The third-order valence-corrected chi connectivity index (χ3v) is 11.3. The summed E-state index contributed by atoms with van der Waals surface area (Å²) in [4.78, 5) is 0. The van der Waals surface area contributed by atoms with Gasteiger partial charge in [0, 0.05) is 5.41 Å². The molecule has 2 aliphatic rings. The van der Waals surface area contributed by atoms with Crippen LogP contribution in [0, 0.1) is 24.2 Å². The van der Waals surface area contributed by atoms with Gasteiger partial charge >= 0.3 is 0 Å². The van der Waals surface area contributed by atoms with Crippen LogP contribution in [0.4, 0.5) is 0 Å². The SMILES string of the molecule is CCCCCCCC(CCC)C1(C(CCC)CCCCCCC)C2=C(CCC(C(C)(C)CC)=C2)c2ccc(C)cc21. The van der Waals surface area contributed by atoms with E-state index < -0.39 is 0 Å². The van der Waals surface area contributed by atoms with Gasteiger partial charge in [-0.1, -0.05) is 161 Å². The van der Waals surface area contributed by atoms with Gasteiger partial charge in [-0.2, -0.15) is 0 Å². The van der Waals surface area contributed by atoms with Crippen LogP contribution >= 0.6 is 0 Å². The number of hydrogen-bond acceptors (Lipinski definition) is 0. The molecule has 0 nitrogen and oxygen atoms in total. The highest BCUT2D eigenvalue weighted by Gasteiger charge is 2.53. The van der Waals surface area contributed by atoms with Crippen molar-refractivity contribution >= 4 is 5.57 Å². The Hall–Kier alpha value is -1.30. The Morgan fingerprint density at radius 1 is 0.683 bits per heavy atom. The van der Waals surface area contributed by atoms with E-state index in [9.17, 15) is 0 Å². The molecule has 1 aromatic carbocycles. The van der Waals surface area contributed by atoms with Crippen molar-refractivity contribution in [2.75, 3.05) is 0 Å². The fourth-order valence-corrected chi connectivity index (χ4v) is 8.64. The molecule has 0 amide bonds. The van der Waals surface area contributed by atoms with Crippen molar-refractivity contribution in [2.45, 2.75) is 183 Å². The van der Waals surface area contributed by atoms with Crippen molar-refractivity contribution in [3.63, 3.8) is 0 Å². The van der Waals surface area contributed by atoms with Crippen LogP contribution in [0.25, 0.3) is 5.57 Å². The number of rotatable bonds is 20. The molecule has 3 rings (SSSR count). The second-order valence-electron chi connectivity index (χ2n) is 14.6. The van der Waals surface area contributed by atoms with E-state index in [1.807, 2.05) is 0 Å². The van der Waals surface area contributed by atoms with E-state index in [-0.39, 0.29) is 10.8 Å². The minimum Gasteiger partial charge on any atom is -0.0654 e. The van der Waals surface area contributed by atoms with Crippen LogP contribution in [0.1, 0.15) is 187 Å². The Morgan fingerprint density at radius 2 is 1.24 bits per heavy atom. The van der Waals surface area contributed by atoms with Gasteiger partial charge in [-0.05, 0) is 91.4 Å². The molecule has 0 aliphatic heterocycles. The topological polar surface area (TPSA) is 0 Å². The molecule has 0 fully saturated rings. The summed E-state index contributed by atoms with van der Waals surface area (Å²) in [5.74, 6) is 1.49. The number of benzene rings is 1. The molecular formula is C41H68. The molecule has 2 aliphatic carbocycles. The van der Waals surface area contributed by atoms with Crippen LogP contribution < -0.4 is 0 Å². The van der Waals surface area contributed by atoms with Crippen molar-refractivity contribution < 1.29 is 0 Å². The molecule has 0 bridgehead atoms. The number of unbranched alkanes of at least 4 members (excludes halogenated alkanes) is 8. The van der Waals surface area contributed by atoms with Gasteiger partial charge in [0.2, 0.25) is 0 Å². The molecular weight excluding hydrogens is 492 g/mol. The number of allylic oxidation sites excluding steroid dienone is 4. The Balaban J connectivity index is 2.22. The standard InChI is InChI=1S/C41H68/c1-9-14-16-18-20-24-33(22-11-3)41(34(23-12-4)25-21-19-17-15-10-2)38-30-32(6)26-28-36(38)37-29-27-35(31-39(37)41)40(7,8)13-5/h26,28,30-31,33-34H,9-25,27,29H2,1-8H3. The Bertz CT molecular complexity index is 961. The molecule has 0 saturated carbocycles. The number of fused-ring (bicyclic) bond motifs is 2. The van der Waals surface area contributed by atoms with Crippen molar-refractivity contribution in [3.8, 4) is 0 Å². The average molecular weight is 561 g/mol. The highest BCUT2D eigenvalue weighted by atomic mass is 14.6. The predicted octanol–water partition coefficient (Wildman–Crippen LogP) is 13.7. The van der Waals surface area contributed by atoms with E-state index in [4.69, 9.17) is 0 Å². The average Bonchev–Trinajstić information content (AvgIpc) is 3.25. The summed E-state index contributed by atoms with van der Waals surface area (Å²) in [6.45, 7) is 19.4. The van der Waals surface area contributed by atoms with Crippen LogP contribution in [0.2, 0.25) is 0 Å². The fourth-order valence-electron chi connectivity index (χ4n) is 8.64. The zero-order valence-electron chi connectivity index (χ0n) is 28.9. The third-order valence-electron chi connectivity index (χ3n) is 11.3. The van der Waals surface area contributed by atoms with Crippen LogP contribution in [0.5, 0.6) is 0 Å². The molecule has 0 heteroatoms. The molecule has 0 heterocycles. The Morgan fingerprint density at radius 3 is 1.76 bits per heavy atom. The molecule has 0 aromatic heterocycles. The zero-order valence-corrected chi connectivity index (χ0v) is 28.9. The molecule has 232 valence electrons. The van der Waals surface area contributed by atoms with E-state index in [1.165, 1.54) is 128 Å². The molecule has 0 saturated heterocycles. The quantitative estimate of drug-likeness (QED) is 0.139. The van der Waals surface area contributed by atoms with E-state index in [1.54, 1.807) is 27.8 Å². The first kappa shape index (κ1) is 34.2. The van der Waals surface area contributed by atoms with Gasteiger partial charge in [0.1, 0.15) is 0 Å². The van der Waals surface area contributed by atoms with Crippen molar-refractivity contribution in [1.82, 2.24) is 0 Å². The maximum Gasteiger partial charge on any atom is 0.0268 e. The minimum absolute atomic E-state index is 0.188. The number of aryl methyl sites for hydroxylation is 1. The fraction of sp³-hybridized carbons (Fsp3) is 0.756. The van der Waals surface area contributed by atoms with E-state index in [0.29, 0.717) is 0 Å². The first-order chi connectivity index (χ1) is 19.8. The smallest absolute Gasteiger partial charge is 0.0268 e. The van der Waals surface area contributed by atoms with Gasteiger partial charge in [-0.25, -0.2) is 0 Å². The third kappa shape index (κ3) is 7.81. The normalized spacial score (nSPS) is 20.1. The van der Waals surface area contributed by atoms with E-state index >= 15 is 0 Å². The molecule has 41 heavy (non-hydrogen) atoms. The highest BCUT2D eigenvalue weighted by molar-refractivity contribution is 5.84. The second-order valence-corrected chi connectivity index (χ2v) is 14.6. The zero-order chi connectivity index (χ0) is 29.9. The summed E-state index contributed by atoms with van der Waals surface area (Å²) in [6, 6.07) is 7.62. The van der Waals surface area contributed by atoms with Crippen LogP contribution in [-0.2, 0) is 5.41 Å². The predicted molar refractivity (Wildman–Crippen MR) is 185 cm³/mol. The lowest BCUT2D eigenvalue weighted by molar-refractivity contribution is 0.165. The van der Waals surface area contributed by atoms with Gasteiger partial charge in [-0.3, -0.25) is 0 Å². The molecule has 2 atom stereocenters. The van der Waals surface area contributed by atoms with Gasteiger partial charge in [-0.15, -0.1) is 0 Å². The van der Waals surface area contributed by atoms with Crippen LogP contribution in [0.15, 0.2) is 35.4 Å². The van der Waals surface area contributed by atoms with Crippen molar-refractivity contribution in [3.05, 3.63) is 52.1 Å². The maximum absolute atomic E-state index is 2.82. The lowest BCUT2D eigenvalue weighted by atomic mass is 9.55. The summed E-state index contributed by atoms with van der Waals surface area (Å²) in [5.41, 5.74) is 10.6. The summed E-state index contributed by atoms with van der Waals surface area (Å²) < 4.78 is 0. The first-order valence-corrected chi connectivity index (χ1v) is 18.4. The maximum atomic E-state index is 2.82. The van der Waals surface area contributed by atoms with Crippen molar-refractivity contribution in [1.29, 1.82) is 0 Å². The molecule has 0 spiro atoms. The Labute approximate surface area is 257 Å². The lowest BCUT2D eigenvalue weighted by Crippen LogP contribution is -2.43. The van der Waals surface area contributed by atoms with Crippen LogP contribution in [0.3, 0.4) is 0 Å². The second kappa shape index (κ2) is 16.5. The summed E-state index contributed by atoms with van der Waals surface area (Å²) in [6.07, 6.45) is 28.6. The minimum atomic E-state index is 0.188. The Kier molecular flexibility index (Phi) is 13.8. The molecule has 1 aromatic rings. The summed E-state index contributed by atoms with van der Waals surface area (Å²) >= 11 is 0. The van der Waals surface area contributed by atoms with E-state index in [0.717, 1.165) is 11.8 Å². The van der Waals surface area contributed by atoms with Crippen LogP contribution in [-0.4, -0.2) is 0 Å². The van der Waals surface area contributed by atoms with Crippen molar-refractivity contribution in [2.24, 2.45) is 17.3 Å². The van der Waals surface area contributed by atoms with Gasteiger partial charge in [0.15, 0.2) is 0 Å². The highest BCUT2D eigenvalue weighted by Crippen LogP contribution is 2.62. The largest absolute Gasteiger partial charge is 0.0654 e. The monoisotopic (exact) mass is 561 g/mol. The summed E-state index contributed by atoms with van der Waals surface area (Å²) in [5, 5.41) is 0. The molecule has 2 unspecified atom stereocenters.